The molecule has 0 atom stereocenters. The van der Waals surface area contributed by atoms with Crippen LogP contribution in [0.5, 0.6) is 5.75 Å². The molecular weight excluding hydrogens is 277 g/mol. The average Bonchev–Trinajstić information content (AvgIpc) is 2.42. The van der Waals surface area contributed by atoms with Gasteiger partial charge < -0.3 is 14.7 Å². The maximum Gasteiger partial charge on any atom is 0.323 e. The summed E-state index contributed by atoms with van der Waals surface area (Å²) in [6.45, 7) is 3.13. The number of rotatable bonds is 4. The molecule has 0 aromatic heterocycles. The van der Waals surface area contributed by atoms with Gasteiger partial charge in [0.05, 0.1) is 5.57 Å². The first-order valence-corrected chi connectivity index (χ1v) is 6.54. The standard InChI is InChI=1S/C15H16FNO4/c1-9(2)17(7-14(18)19)15(20)11-5-10-6-12(16)3-4-13(10)21-8-11/h3-6,9H,7-8H2,1-2H3,(H,18,19). The first kappa shape index (κ1) is 15.0. The lowest BCUT2D eigenvalue weighted by molar-refractivity contribution is -0.144. The zero-order chi connectivity index (χ0) is 15.6. The number of ether oxygens (including phenoxy) is 1. The van der Waals surface area contributed by atoms with Crippen molar-refractivity contribution in [3.8, 4) is 5.75 Å². The number of hydrogen-bond acceptors (Lipinski definition) is 3. The zero-order valence-electron chi connectivity index (χ0n) is 11.8. The van der Waals surface area contributed by atoms with E-state index in [0.29, 0.717) is 16.9 Å². The second-order valence-electron chi connectivity index (χ2n) is 5.06. The number of fused-ring (bicyclic) bond motifs is 1. The highest BCUT2D eigenvalue weighted by Gasteiger charge is 2.25. The molecule has 0 spiro atoms. The van der Waals surface area contributed by atoms with Crippen molar-refractivity contribution >= 4 is 18.0 Å². The number of carbonyl (C=O) groups excluding carboxylic acids is 1. The predicted molar refractivity (Wildman–Crippen MR) is 74.4 cm³/mol. The summed E-state index contributed by atoms with van der Waals surface area (Å²) in [4.78, 5) is 24.5. The topological polar surface area (TPSA) is 66.8 Å². The Morgan fingerprint density at radius 2 is 2.14 bits per heavy atom. The van der Waals surface area contributed by atoms with E-state index in [1.54, 1.807) is 19.9 Å². The van der Waals surface area contributed by atoms with E-state index < -0.39 is 17.7 Å². The lowest BCUT2D eigenvalue weighted by atomic mass is 10.1. The molecule has 1 aromatic carbocycles. The fourth-order valence-corrected chi connectivity index (χ4v) is 2.09. The number of aliphatic carboxylic acids is 1. The summed E-state index contributed by atoms with van der Waals surface area (Å²) in [6, 6.07) is 3.80. The molecule has 2 rings (SSSR count). The molecule has 1 amide bonds. The number of carboxylic acid groups (broad SMARTS) is 1. The third-order valence-electron chi connectivity index (χ3n) is 3.15. The average molecular weight is 293 g/mol. The zero-order valence-corrected chi connectivity index (χ0v) is 11.8. The number of nitrogens with zero attached hydrogens (tertiary/aromatic N) is 1. The minimum atomic E-state index is -1.08. The van der Waals surface area contributed by atoms with Crippen LogP contribution >= 0.6 is 0 Å². The van der Waals surface area contributed by atoms with Gasteiger partial charge in [-0.05, 0) is 38.1 Å². The third-order valence-corrected chi connectivity index (χ3v) is 3.15. The van der Waals surface area contributed by atoms with Crippen LogP contribution in [0.25, 0.3) is 6.08 Å². The quantitative estimate of drug-likeness (QED) is 0.921. The van der Waals surface area contributed by atoms with Crippen LogP contribution in [0.3, 0.4) is 0 Å². The molecule has 0 saturated heterocycles. The molecule has 6 heteroatoms. The molecule has 0 radical (unpaired) electrons. The van der Waals surface area contributed by atoms with Crippen LogP contribution in [0.2, 0.25) is 0 Å². The smallest absolute Gasteiger partial charge is 0.323 e. The molecule has 0 bridgehead atoms. The van der Waals surface area contributed by atoms with E-state index in [4.69, 9.17) is 9.84 Å². The van der Waals surface area contributed by atoms with Crippen LogP contribution in [-0.4, -0.2) is 41.1 Å². The van der Waals surface area contributed by atoms with E-state index in [1.807, 2.05) is 0 Å². The maximum atomic E-state index is 13.2. The number of halogens is 1. The third kappa shape index (κ3) is 3.39. The number of benzene rings is 1. The van der Waals surface area contributed by atoms with E-state index in [9.17, 15) is 14.0 Å². The molecule has 21 heavy (non-hydrogen) atoms. The summed E-state index contributed by atoms with van der Waals surface area (Å²) in [7, 11) is 0. The van der Waals surface area contributed by atoms with Gasteiger partial charge in [-0.3, -0.25) is 9.59 Å². The van der Waals surface area contributed by atoms with Crippen molar-refractivity contribution in [1.29, 1.82) is 0 Å². The normalized spacial score (nSPS) is 13.2. The molecule has 112 valence electrons. The van der Waals surface area contributed by atoms with Gasteiger partial charge in [0.15, 0.2) is 0 Å². The van der Waals surface area contributed by atoms with E-state index in [2.05, 4.69) is 0 Å². The van der Waals surface area contributed by atoms with Gasteiger partial charge in [0.2, 0.25) is 0 Å². The Morgan fingerprint density at radius 1 is 1.43 bits per heavy atom. The second-order valence-corrected chi connectivity index (χ2v) is 5.06. The van der Waals surface area contributed by atoms with Gasteiger partial charge in [-0.15, -0.1) is 0 Å². The summed E-state index contributed by atoms with van der Waals surface area (Å²) >= 11 is 0. The summed E-state index contributed by atoms with van der Waals surface area (Å²) in [6.07, 6.45) is 1.54. The van der Waals surface area contributed by atoms with Crippen molar-refractivity contribution < 1.29 is 23.8 Å². The Kier molecular flexibility index (Phi) is 4.26. The Hall–Kier alpha value is -2.37. The van der Waals surface area contributed by atoms with Crippen LogP contribution in [0.4, 0.5) is 4.39 Å². The van der Waals surface area contributed by atoms with Gasteiger partial charge in [0.25, 0.3) is 5.91 Å². The monoisotopic (exact) mass is 293 g/mol. The maximum absolute atomic E-state index is 13.2. The Bertz CT molecular complexity index is 610. The van der Waals surface area contributed by atoms with Crippen LogP contribution in [0.15, 0.2) is 23.8 Å². The summed E-state index contributed by atoms with van der Waals surface area (Å²) < 4.78 is 18.6. The minimum absolute atomic E-state index is 0.0420. The van der Waals surface area contributed by atoms with Crippen molar-refractivity contribution in [3.63, 3.8) is 0 Å². The van der Waals surface area contributed by atoms with Crippen molar-refractivity contribution in [2.75, 3.05) is 13.2 Å². The summed E-state index contributed by atoms with van der Waals surface area (Å²) in [5.74, 6) is -1.42. The number of hydrogen-bond donors (Lipinski definition) is 1. The fourth-order valence-electron chi connectivity index (χ4n) is 2.09. The number of carboxylic acids is 1. The Labute approximate surface area is 121 Å². The highest BCUT2D eigenvalue weighted by atomic mass is 19.1. The van der Waals surface area contributed by atoms with E-state index in [0.717, 1.165) is 0 Å². The highest BCUT2D eigenvalue weighted by Crippen LogP contribution is 2.27. The molecule has 5 nitrogen and oxygen atoms in total. The molecule has 0 fully saturated rings. The van der Waals surface area contributed by atoms with Crippen molar-refractivity contribution in [1.82, 2.24) is 4.90 Å². The van der Waals surface area contributed by atoms with Crippen LogP contribution in [-0.2, 0) is 9.59 Å². The van der Waals surface area contributed by atoms with Gasteiger partial charge in [-0.2, -0.15) is 0 Å². The molecule has 0 aliphatic carbocycles. The van der Waals surface area contributed by atoms with Crippen LogP contribution < -0.4 is 4.74 Å². The van der Waals surface area contributed by atoms with Gasteiger partial charge in [-0.1, -0.05) is 0 Å². The molecule has 1 aromatic rings. The van der Waals surface area contributed by atoms with E-state index in [-0.39, 0.29) is 19.2 Å². The highest BCUT2D eigenvalue weighted by molar-refractivity contribution is 6.00. The molecule has 0 unspecified atom stereocenters. The number of carbonyl (C=O) groups is 2. The Balaban J connectivity index is 2.28. The number of amides is 1. The van der Waals surface area contributed by atoms with Gasteiger partial charge >= 0.3 is 5.97 Å². The van der Waals surface area contributed by atoms with Crippen LogP contribution in [0, 0.1) is 5.82 Å². The van der Waals surface area contributed by atoms with E-state index in [1.165, 1.54) is 23.1 Å². The SMILES string of the molecule is CC(C)N(CC(=O)O)C(=O)C1=Cc2cc(F)ccc2OC1. The fraction of sp³-hybridized carbons (Fsp3) is 0.333. The molecule has 1 aliphatic rings. The Morgan fingerprint density at radius 3 is 2.76 bits per heavy atom. The van der Waals surface area contributed by atoms with Gasteiger partial charge in [0.1, 0.15) is 24.7 Å². The van der Waals surface area contributed by atoms with Gasteiger partial charge in [-0.25, -0.2) is 4.39 Å². The molecule has 1 N–H and O–H groups in total. The lowest BCUT2D eigenvalue weighted by Crippen LogP contribution is -2.42. The second kappa shape index (κ2) is 5.95. The van der Waals surface area contributed by atoms with Crippen LogP contribution in [0.1, 0.15) is 19.4 Å². The van der Waals surface area contributed by atoms with E-state index >= 15 is 0 Å². The van der Waals surface area contributed by atoms with Crippen molar-refractivity contribution in [3.05, 3.63) is 35.2 Å². The molecule has 0 saturated carbocycles. The summed E-state index contributed by atoms with van der Waals surface area (Å²) in [5, 5.41) is 8.88. The predicted octanol–water partition coefficient (Wildman–Crippen LogP) is 1.92. The largest absolute Gasteiger partial charge is 0.488 e. The minimum Gasteiger partial charge on any atom is -0.488 e. The summed E-state index contributed by atoms with van der Waals surface area (Å²) in [5.41, 5.74) is 0.784. The molecular formula is C15H16FNO4. The van der Waals surface area contributed by atoms with Gasteiger partial charge in [0, 0.05) is 11.6 Å². The lowest BCUT2D eigenvalue weighted by Gasteiger charge is -2.27. The molecule has 1 aliphatic heterocycles. The van der Waals surface area contributed by atoms with Crippen molar-refractivity contribution in [2.45, 2.75) is 19.9 Å². The first-order chi connectivity index (χ1) is 9.88. The first-order valence-electron chi connectivity index (χ1n) is 6.54. The molecule has 1 heterocycles. The van der Waals surface area contributed by atoms with Crippen molar-refractivity contribution in [2.24, 2.45) is 0 Å².